The molecule has 0 fully saturated rings. The molecule has 2 aromatic rings. The molecule has 0 saturated heterocycles. The van der Waals surface area contributed by atoms with Gasteiger partial charge in [0.25, 0.3) is 5.56 Å². The van der Waals surface area contributed by atoms with Crippen molar-refractivity contribution in [3.63, 3.8) is 0 Å². The largest absolute Gasteiger partial charge is 0.493 e. The van der Waals surface area contributed by atoms with Gasteiger partial charge in [0, 0.05) is 10.0 Å². The number of esters is 1. The van der Waals surface area contributed by atoms with Crippen LogP contribution in [0.25, 0.3) is 11.3 Å². The van der Waals surface area contributed by atoms with Gasteiger partial charge in [0.15, 0.2) is 22.8 Å². The number of aromatic amines is 1. The first-order valence-electron chi connectivity index (χ1n) is 8.15. The fourth-order valence-electron chi connectivity index (χ4n) is 2.31. The van der Waals surface area contributed by atoms with Crippen molar-refractivity contribution in [2.45, 2.75) is 25.1 Å². The summed E-state index contributed by atoms with van der Waals surface area (Å²) in [6, 6.07) is 5.06. The number of halogens is 1. The minimum absolute atomic E-state index is 0.117. The van der Waals surface area contributed by atoms with E-state index in [0.29, 0.717) is 26.7 Å². The van der Waals surface area contributed by atoms with Gasteiger partial charge in [0.1, 0.15) is 11.6 Å². The van der Waals surface area contributed by atoms with Crippen LogP contribution in [0.1, 0.15) is 19.4 Å². The first-order valence-corrected chi connectivity index (χ1v) is 10.2. The van der Waals surface area contributed by atoms with Crippen molar-refractivity contribution in [3.05, 3.63) is 32.5 Å². The molecule has 0 bridgehead atoms. The first-order chi connectivity index (χ1) is 13.4. The molecule has 0 radical (unpaired) electrons. The minimum atomic E-state index is -0.845. The number of ether oxygens (including phenoxy) is 3. The predicted molar refractivity (Wildman–Crippen MR) is 108 cm³/mol. The van der Waals surface area contributed by atoms with Crippen molar-refractivity contribution in [1.29, 1.82) is 5.26 Å². The van der Waals surface area contributed by atoms with Gasteiger partial charge in [-0.3, -0.25) is 4.79 Å². The molecule has 10 heteroatoms. The van der Waals surface area contributed by atoms with Gasteiger partial charge >= 0.3 is 5.97 Å². The maximum absolute atomic E-state index is 12.2. The SMILES string of the molecule is CCOC(=O)C(C)Oc1cc(Br)c(-c2nc(SC)[nH]c(=O)c2C#N)cc1OC. The molecular weight excluding hydrogens is 450 g/mol. The molecule has 0 aliphatic carbocycles. The Bertz CT molecular complexity index is 986. The van der Waals surface area contributed by atoms with Crippen LogP contribution >= 0.6 is 27.7 Å². The quantitative estimate of drug-likeness (QED) is 0.375. The topological polar surface area (TPSA) is 114 Å². The number of nitrogens with zero attached hydrogens (tertiary/aromatic N) is 2. The van der Waals surface area contributed by atoms with Crippen LogP contribution in [0.2, 0.25) is 0 Å². The lowest BCUT2D eigenvalue weighted by molar-refractivity contribution is -0.150. The number of hydrogen-bond acceptors (Lipinski definition) is 8. The number of rotatable bonds is 7. The first kappa shape index (κ1) is 21.8. The third-order valence-electron chi connectivity index (χ3n) is 3.63. The van der Waals surface area contributed by atoms with Gasteiger partial charge in [-0.15, -0.1) is 0 Å². The molecule has 1 N–H and O–H groups in total. The molecule has 0 amide bonds. The maximum atomic E-state index is 12.2. The summed E-state index contributed by atoms with van der Waals surface area (Å²) in [5, 5.41) is 9.76. The van der Waals surface area contributed by atoms with Gasteiger partial charge < -0.3 is 19.2 Å². The van der Waals surface area contributed by atoms with Gasteiger partial charge in [-0.2, -0.15) is 5.26 Å². The van der Waals surface area contributed by atoms with Gasteiger partial charge in [-0.25, -0.2) is 9.78 Å². The zero-order chi connectivity index (χ0) is 20.8. The summed E-state index contributed by atoms with van der Waals surface area (Å²) in [5.74, 6) is 0.107. The summed E-state index contributed by atoms with van der Waals surface area (Å²) < 4.78 is 16.5. The summed E-state index contributed by atoms with van der Waals surface area (Å²) in [6.07, 6.45) is 0.916. The number of carbonyl (C=O) groups is 1. The molecule has 0 aliphatic heterocycles. The average Bonchev–Trinajstić information content (AvgIpc) is 2.67. The van der Waals surface area contributed by atoms with Gasteiger partial charge in [-0.1, -0.05) is 11.8 Å². The highest BCUT2D eigenvalue weighted by Gasteiger charge is 2.22. The highest BCUT2D eigenvalue weighted by molar-refractivity contribution is 9.10. The summed E-state index contributed by atoms with van der Waals surface area (Å²) in [5.41, 5.74) is 0.0461. The van der Waals surface area contributed by atoms with Crippen LogP contribution in [0.4, 0.5) is 0 Å². The van der Waals surface area contributed by atoms with Crippen LogP contribution in [-0.4, -0.2) is 42.0 Å². The fourth-order valence-corrected chi connectivity index (χ4v) is 3.20. The summed E-state index contributed by atoms with van der Waals surface area (Å²) in [4.78, 5) is 30.9. The lowest BCUT2D eigenvalue weighted by Gasteiger charge is -2.17. The second-order valence-corrected chi connectivity index (χ2v) is 7.05. The van der Waals surface area contributed by atoms with E-state index in [1.807, 2.05) is 6.07 Å². The van der Waals surface area contributed by atoms with Crippen molar-refractivity contribution < 1.29 is 19.0 Å². The van der Waals surface area contributed by atoms with E-state index in [2.05, 4.69) is 25.9 Å². The molecule has 1 atom stereocenters. The Morgan fingerprint density at radius 3 is 2.71 bits per heavy atom. The monoisotopic (exact) mass is 467 g/mol. The summed E-state index contributed by atoms with van der Waals surface area (Å²) in [7, 11) is 1.44. The number of H-pyrrole nitrogens is 1. The van der Waals surface area contributed by atoms with E-state index in [1.165, 1.54) is 18.9 Å². The molecule has 1 aromatic heterocycles. The predicted octanol–water partition coefficient (Wildman–Crippen LogP) is 3.13. The number of thioether (sulfide) groups is 1. The number of carbonyl (C=O) groups excluding carboxylic acids is 1. The lowest BCUT2D eigenvalue weighted by atomic mass is 10.1. The maximum Gasteiger partial charge on any atom is 0.347 e. The molecule has 0 aliphatic rings. The lowest BCUT2D eigenvalue weighted by Crippen LogP contribution is -2.26. The molecule has 1 unspecified atom stereocenters. The minimum Gasteiger partial charge on any atom is -0.493 e. The second kappa shape index (κ2) is 9.61. The van der Waals surface area contributed by atoms with Crippen molar-refractivity contribution in [2.24, 2.45) is 0 Å². The van der Waals surface area contributed by atoms with Crippen LogP contribution < -0.4 is 15.0 Å². The van der Waals surface area contributed by atoms with E-state index in [0.717, 1.165) is 0 Å². The van der Waals surface area contributed by atoms with Gasteiger partial charge in [-0.05, 0) is 48.2 Å². The molecule has 0 spiro atoms. The molecule has 0 saturated carbocycles. The van der Waals surface area contributed by atoms with Crippen molar-refractivity contribution in [3.8, 4) is 28.8 Å². The number of methoxy groups -OCH3 is 1. The van der Waals surface area contributed by atoms with Crippen molar-refractivity contribution >= 4 is 33.7 Å². The number of nitriles is 1. The standard InChI is InChI=1S/C18H18BrN3O5S/c1-5-26-17(24)9(2)27-14-7-12(19)10(6-13(14)25-3)15-11(8-20)16(23)22-18(21-15)28-4/h6-7,9H,5H2,1-4H3,(H,21,22,23). The molecule has 8 nitrogen and oxygen atoms in total. The second-order valence-electron chi connectivity index (χ2n) is 5.41. The third kappa shape index (κ3) is 4.66. The summed E-state index contributed by atoms with van der Waals surface area (Å²) in [6.45, 7) is 3.52. The fraction of sp³-hybridized carbons (Fsp3) is 0.333. The highest BCUT2D eigenvalue weighted by atomic mass is 79.9. The van der Waals surface area contributed by atoms with Crippen molar-refractivity contribution in [2.75, 3.05) is 20.0 Å². The van der Waals surface area contributed by atoms with Crippen LogP contribution in [0.15, 0.2) is 26.6 Å². The highest BCUT2D eigenvalue weighted by Crippen LogP contribution is 2.39. The molecule has 28 heavy (non-hydrogen) atoms. The van der Waals surface area contributed by atoms with E-state index >= 15 is 0 Å². The Labute approximate surface area is 174 Å². The Morgan fingerprint density at radius 1 is 1.43 bits per heavy atom. The molecular formula is C18H18BrN3O5S. The number of hydrogen-bond donors (Lipinski definition) is 1. The zero-order valence-electron chi connectivity index (χ0n) is 15.7. The van der Waals surface area contributed by atoms with E-state index in [9.17, 15) is 14.9 Å². The Balaban J connectivity index is 2.56. The van der Waals surface area contributed by atoms with Crippen LogP contribution in [-0.2, 0) is 9.53 Å². The van der Waals surface area contributed by atoms with Crippen LogP contribution in [0.5, 0.6) is 11.5 Å². The number of aromatic nitrogens is 2. The smallest absolute Gasteiger partial charge is 0.347 e. The van der Waals surface area contributed by atoms with E-state index in [-0.39, 0.29) is 17.9 Å². The Kier molecular flexibility index (Phi) is 7.48. The van der Waals surface area contributed by atoms with Gasteiger partial charge in [0.05, 0.1) is 19.4 Å². The Morgan fingerprint density at radius 2 is 2.14 bits per heavy atom. The summed E-state index contributed by atoms with van der Waals surface area (Å²) >= 11 is 4.67. The third-order valence-corrected chi connectivity index (χ3v) is 4.87. The van der Waals surface area contributed by atoms with Gasteiger partial charge in [0.2, 0.25) is 0 Å². The normalized spacial score (nSPS) is 11.4. The molecule has 1 heterocycles. The van der Waals surface area contributed by atoms with E-state index < -0.39 is 17.6 Å². The van der Waals surface area contributed by atoms with Crippen LogP contribution in [0, 0.1) is 11.3 Å². The van der Waals surface area contributed by atoms with Crippen LogP contribution in [0.3, 0.4) is 0 Å². The molecule has 1 aromatic carbocycles. The molecule has 148 valence electrons. The Hall–Kier alpha value is -2.51. The number of benzene rings is 1. The van der Waals surface area contributed by atoms with Crippen molar-refractivity contribution in [1.82, 2.24) is 9.97 Å². The zero-order valence-corrected chi connectivity index (χ0v) is 18.1. The van der Waals surface area contributed by atoms with E-state index in [4.69, 9.17) is 14.2 Å². The average molecular weight is 468 g/mol. The van der Waals surface area contributed by atoms with E-state index in [1.54, 1.807) is 32.2 Å². The number of nitrogens with one attached hydrogen (secondary N) is 1. The molecule has 2 rings (SSSR count).